The summed E-state index contributed by atoms with van der Waals surface area (Å²) in [6.45, 7) is 1.36. The Labute approximate surface area is 106 Å². The molecule has 1 fully saturated rings. The van der Waals surface area contributed by atoms with Gasteiger partial charge in [0.25, 0.3) is 10.1 Å². The molecule has 1 aromatic carbocycles. The molecule has 1 heterocycles. The predicted molar refractivity (Wildman–Crippen MR) is 69.3 cm³/mol. The Morgan fingerprint density at radius 2 is 1.78 bits per heavy atom. The van der Waals surface area contributed by atoms with Gasteiger partial charge in [0.2, 0.25) is 0 Å². The monoisotopic (exact) mass is 271 g/mol. The molecule has 0 saturated carbocycles. The summed E-state index contributed by atoms with van der Waals surface area (Å²) in [4.78, 5) is 1.78. The topological polar surface area (TPSA) is 95.7 Å². The summed E-state index contributed by atoms with van der Waals surface area (Å²) in [7, 11) is -4.15. The number of anilines is 1. The molecule has 0 spiro atoms. The zero-order chi connectivity index (χ0) is 13.2. The fourth-order valence-electron chi connectivity index (χ4n) is 2.29. The predicted octanol–water partition coefficient (Wildman–Crippen LogP) is 0.954. The van der Waals surface area contributed by atoms with Crippen LogP contribution in [0.15, 0.2) is 24.3 Å². The Morgan fingerprint density at radius 3 is 2.22 bits per heavy atom. The van der Waals surface area contributed by atoms with E-state index >= 15 is 0 Å². The fourth-order valence-corrected chi connectivity index (χ4v) is 3.38. The lowest BCUT2D eigenvalue weighted by molar-refractivity contribution is 0.291. The Morgan fingerprint density at radius 1 is 1.22 bits per heavy atom. The summed E-state index contributed by atoms with van der Waals surface area (Å²) in [5.74, 6) is 5.26. The van der Waals surface area contributed by atoms with Crippen molar-refractivity contribution in [2.24, 2.45) is 5.84 Å². The summed E-state index contributed by atoms with van der Waals surface area (Å²) in [6.07, 6.45) is 1.91. The lowest BCUT2D eigenvalue weighted by Crippen LogP contribution is -2.31. The third-order valence-electron chi connectivity index (χ3n) is 3.12. The van der Waals surface area contributed by atoms with Crippen LogP contribution in [0, 0.1) is 0 Å². The first-order valence-electron chi connectivity index (χ1n) is 5.79. The minimum Gasteiger partial charge on any atom is -0.324 e. The van der Waals surface area contributed by atoms with Gasteiger partial charge >= 0.3 is 0 Å². The largest absolute Gasteiger partial charge is 0.324 e. The van der Waals surface area contributed by atoms with Gasteiger partial charge in [-0.1, -0.05) is 12.1 Å². The number of nitrogens with two attached hydrogens (primary N) is 1. The minimum absolute atomic E-state index is 0.554. The summed E-state index contributed by atoms with van der Waals surface area (Å²) >= 11 is 0. The first-order valence-corrected chi connectivity index (χ1v) is 7.29. The molecule has 0 aromatic heterocycles. The molecular formula is C11H17N3O3S. The third-order valence-corrected chi connectivity index (χ3v) is 4.25. The van der Waals surface area contributed by atoms with E-state index in [0.717, 1.165) is 12.8 Å². The average molecular weight is 271 g/mol. The number of nitrogen functional groups attached to an aromatic ring is 1. The van der Waals surface area contributed by atoms with Crippen molar-refractivity contribution < 1.29 is 13.0 Å². The standard InChI is InChI=1S/C11H17N3O3S/c12-13-10-5-3-9(4-6-10)11(18(15,16)17)14-7-1-2-8-14/h3-6,11,13H,1-2,7-8,12H2,(H,15,16,17). The molecular weight excluding hydrogens is 254 g/mol. The van der Waals surface area contributed by atoms with E-state index in [0.29, 0.717) is 24.3 Å². The van der Waals surface area contributed by atoms with Crippen LogP contribution in [0.5, 0.6) is 0 Å². The van der Waals surface area contributed by atoms with E-state index in [4.69, 9.17) is 5.84 Å². The van der Waals surface area contributed by atoms with E-state index < -0.39 is 15.5 Å². The Hall–Kier alpha value is -1.15. The average Bonchev–Trinajstić information content (AvgIpc) is 2.82. The van der Waals surface area contributed by atoms with Crippen molar-refractivity contribution >= 4 is 15.8 Å². The highest BCUT2D eigenvalue weighted by Gasteiger charge is 2.33. The fraction of sp³-hybridized carbons (Fsp3) is 0.455. The molecule has 0 amide bonds. The molecule has 0 bridgehead atoms. The van der Waals surface area contributed by atoms with Crippen molar-refractivity contribution in [1.29, 1.82) is 0 Å². The molecule has 7 heteroatoms. The molecule has 0 radical (unpaired) electrons. The quantitative estimate of drug-likeness (QED) is 0.429. The van der Waals surface area contributed by atoms with Crippen LogP contribution in [-0.4, -0.2) is 31.0 Å². The van der Waals surface area contributed by atoms with Crippen molar-refractivity contribution in [2.75, 3.05) is 18.5 Å². The Kier molecular flexibility index (Phi) is 3.86. The second kappa shape index (κ2) is 5.23. The van der Waals surface area contributed by atoms with E-state index in [1.165, 1.54) is 0 Å². The van der Waals surface area contributed by atoms with Gasteiger partial charge in [-0.2, -0.15) is 8.42 Å². The van der Waals surface area contributed by atoms with Crippen LogP contribution in [0.25, 0.3) is 0 Å². The number of likely N-dealkylation sites (tertiary alicyclic amines) is 1. The third kappa shape index (κ3) is 2.81. The maximum atomic E-state index is 11.5. The van der Waals surface area contributed by atoms with Gasteiger partial charge in [-0.15, -0.1) is 0 Å². The summed E-state index contributed by atoms with van der Waals surface area (Å²) in [5.41, 5.74) is 3.72. The van der Waals surface area contributed by atoms with Crippen LogP contribution in [0.2, 0.25) is 0 Å². The highest BCUT2D eigenvalue weighted by molar-refractivity contribution is 7.86. The number of nitrogens with one attached hydrogen (secondary N) is 1. The molecule has 6 nitrogen and oxygen atoms in total. The molecule has 18 heavy (non-hydrogen) atoms. The van der Waals surface area contributed by atoms with Crippen molar-refractivity contribution in [3.8, 4) is 0 Å². The zero-order valence-electron chi connectivity index (χ0n) is 9.91. The first-order chi connectivity index (χ1) is 8.52. The van der Waals surface area contributed by atoms with Crippen LogP contribution in [0.4, 0.5) is 5.69 Å². The van der Waals surface area contributed by atoms with E-state index in [2.05, 4.69) is 5.43 Å². The Bertz CT molecular complexity index is 495. The van der Waals surface area contributed by atoms with E-state index in [9.17, 15) is 13.0 Å². The van der Waals surface area contributed by atoms with Crippen LogP contribution in [-0.2, 0) is 10.1 Å². The summed E-state index contributed by atoms with van der Waals surface area (Å²) < 4.78 is 32.5. The maximum absolute atomic E-state index is 11.5. The van der Waals surface area contributed by atoms with Gasteiger partial charge in [-0.3, -0.25) is 15.3 Å². The molecule has 1 aromatic rings. The molecule has 4 N–H and O–H groups in total. The van der Waals surface area contributed by atoms with Crippen LogP contribution >= 0.6 is 0 Å². The normalized spacial score (nSPS) is 18.8. The van der Waals surface area contributed by atoms with Crippen molar-refractivity contribution in [3.05, 3.63) is 29.8 Å². The van der Waals surface area contributed by atoms with Crippen molar-refractivity contribution in [2.45, 2.75) is 18.2 Å². The minimum atomic E-state index is -4.15. The second-order valence-corrected chi connectivity index (χ2v) is 5.85. The number of benzene rings is 1. The SMILES string of the molecule is NNc1ccc(C(N2CCCC2)S(=O)(=O)O)cc1. The van der Waals surface area contributed by atoms with Gasteiger partial charge in [0.05, 0.1) is 0 Å². The van der Waals surface area contributed by atoms with Gasteiger partial charge in [0.1, 0.15) is 0 Å². The summed E-state index contributed by atoms with van der Waals surface area (Å²) in [5, 5.41) is -0.980. The maximum Gasteiger partial charge on any atom is 0.285 e. The molecule has 2 rings (SSSR count). The van der Waals surface area contributed by atoms with Gasteiger partial charge < -0.3 is 5.43 Å². The first kappa shape index (κ1) is 13.3. The molecule has 1 atom stereocenters. The van der Waals surface area contributed by atoms with Crippen molar-refractivity contribution in [3.63, 3.8) is 0 Å². The number of hydrogen-bond acceptors (Lipinski definition) is 5. The Balaban J connectivity index is 2.33. The lowest BCUT2D eigenvalue weighted by Gasteiger charge is -2.25. The second-order valence-electron chi connectivity index (χ2n) is 4.38. The molecule has 1 aliphatic rings. The van der Waals surface area contributed by atoms with Gasteiger partial charge in [-0.25, -0.2) is 0 Å². The van der Waals surface area contributed by atoms with Crippen LogP contribution < -0.4 is 11.3 Å². The number of nitrogens with zero attached hydrogens (tertiary/aromatic N) is 1. The molecule has 1 unspecified atom stereocenters. The zero-order valence-corrected chi connectivity index (χ0v) is 10.7. The van der Waals surface area contributed by atoms with Gasteiger partial charge in [0, 0.05) is 5.69 Å². The number of hydrogen-bond donors (Lipinski definition) is 3. The molecule has 0 aliphatic carbocycles. The van der Waals surface area contributed by atoms with Crippen LogP contribution in [0.1, 0.15) is 23.8 Å². The van der Waals surface area contributed by atoms with Gasteiger partial charge in [-0.05, 0) is 43.6 Å². The van der Waals surface area contributed by atoms with E-state index in [1.807, 2.05) is 0 Å². The molecule has 1 aliphatic heterocycles. The van der Waals surface area contributed by atoms with Crippen LogP contribution in [0.3, 0.4) is 0 Å². The lowest BCUT2D eigenvalue weighted by atomic mass is 10.2. The smallest absolute Gasteiger partial charge is 0.285 e. The van der Waals surface area contributed by atoms with Crippen molar-refractivity contribution in [1.82, 2.24) is 4.90 Å². The molecule has 1 saturated heterocycles. The van der Waals surface area contributed by atoms with Gasteiger partial charge in [0.15, 0.2) is 5.37 Å². The number of rotatable bonds is 4. The number of hydrazine groups is 1. The van der Waals surface area contributed by atoms with E-state index in [-0.39, 0.29) is 0 Å². The highest BCUT2D eigenvalue weighted by Crippen LogP contribution is 2.29. The molecule has 100 valence electrons. The van der Waals surface area contributed by atoms with E-state index in [1.54, 1.807) is 29.2 Å². The highest BCUT2D eigenvalue weighted by atomic mass is 32.2. The summed E-state index contributed by atoms with van der Waals surface area (Å²) in [6, 6.07) is 6.69.